The van der Waals surface area contributed by atoms with Gasteiger partial charge in [0.15, 0.2) is 0 Å². The number of rotatable bonds is 3. The first kappa shape index (κ1) is 17.5. The summed E-state index contributed by atoms with van der Waals surface area (Å²) >= 11 is 13.3. The molecule has 1 aliphatic heterocycles. The average molecular weight is 394 g/mol. The molecule has 8 heteroatoms. The minimum absolute atomic E-state index is 0.177. The predicted molar refractivity (Wildman–Crippen MR) is 98.0 cm³/mol. The molecule has 2 aromatic carbocycles. The highest BCUT2D eigenvalue weighted by atomic mass is 35.5. The fourth-order valence-electron chi connectivity index (χ4n) is 2.25. The minimum atomic E-state index is -1.01. The van der Waals surface area contributed by atoms with Gasteiger partial charge in [-0.15, -0.1) is 0 Å². The molecule has 2 N–H and O–H groups in total. The van der Waals surface area contributed by atoms with Gasteiger partial charge in [0.1, 0.15) is 0 Å². The van der Waals surface area contributed by atoms with Crippen molar-refractivity contribution in [3.8, 4) is 11.1 Å². The van der Waals surface area contributed by atoms with E-state index in [9.17, 15) is 14.4 Å². The Morgan fingerprint density at radius 2 is 1.64 bits per heavy atom. The highest BCUT2D eigenvalue weighted by Crippen LogP contribution is 2.35. The van der Waals surface area contributed by atoms with Crippen molar-refractivity contribution in [2.24, 2.45) is 0 Å². The van der Waals surface area contributed by atoms with Gasteiger partial charge in [0.05, 0.1) is 10.5 Å². The number of halogens is 2. The molecule has 2 aromatic rings. The summed E-state index contributed by atoms with van der Waals surface area (Å²) in [5, 5.41) is 11.3. The normalized spacial score (nSPS) is 15.5. The number of hydrogen-bond acceptors (Lipinski definition) is 4. The van der Waals surface area contributed by atoms with Gasteiger partial charge in [-0.2, -0.15) is 0 Å². The van der Waals surface area contributed by atoms with E-state index in [-0.39, 0.29) is 10.5 Å². The summed E-state index contributed by atoms with van der Waals surface area (Å²) in [6.07, 6.45) is 1.47. The fourth-order valence-corrected chi connectivity index (χ4v) is 3.51. The van der Waals surface area contributed by atoms with Crippen LogP contribution in [-0.4, -0.2) is 22.2 Å². The zero-order valence-electron chi connectivity index (χ0n) is 12.4. The van der Waals surface area contributed by atoms with Crippen molar-refractivity contribution >= 4 is 58.2 Å². The van der Waals surface area contributed by atoms with Gasteiger partial charge >= 0.3 is 5.97 Å². The molecule has 1 heterocycles. The summed E-state index contributed by atoms with van der Waals surface area (Å²) in [4.78, 5) is 34.0. The monoisotopic (exact) mass is 393 g/mol. The van der Waals surface area contributed by atoms with Crippen LogP contribution in [0.15, 0.2) is 41.3 Å². The Labute approximate surface area is 156 Å². The Kier molecular flexibility index (Phi) is 4.85. The summed E-state index contributed by atoms with van der Waals surface area (Å²) in [6.45, 7) is 0. The second-order valence-electron chi connectivity index (χ2n) is 5.09. The number of carbonyl (C=O) groups is 3. The molecular weight excluding hydrogens is 385 g/mol. The number of imide groups is 1. The minimum Gasteiger partial charge on any atom is -0.478 e. The smallest absolute Gasteiger partial charge is 0.335 e. The summed E-state index contributed by atoms with van der Waals surface area (Å²) in [5.41, 5.74) is 2.06. The largest absolute Gasteiger partial charge is 0.478 e. The topological polar surface area (TPSA) is 83.5 Å². The number of hydrogen-bond donors (Lipinski definition) is 2. The number of carbonyl (C=O) groups excluding carboxylic acids is 2. The van der Waals surface area contributed by atoms with Gasteiger partial charge in [0, 0.05) is 15.6 Å². The third-order valence-corrected chi connectivity index (χ3v) is 4.90. The highest BCUT2D eigenvalue weighted by Gasteiger charge is 2.25. The average Bonchev–Trinajstić information content (AvgIpc) is 2.88. The molecule has 0 saturated carbocycles. The van der Waals surface area contributed by atoms with Gasteiger partial charge in [0.25, 0.3) is 11.1 Å². The Morgan fingerprint density at radius 1 is 1.04 bits per heavy atom. The highest BCUT2D eigenvalue weighted by molar-refractivity contribution is 8.18. The molecule has 0 unspecified atom stereocenters. The quantitative estimate of drug-likeness (QED) is 0.739. The lowest BCUT2D eigenvalue weighted by Crippen LogP contribution is -2.17. The van der Waals surface area contributed by atoms with Crippen LogP contribution in [0.1, 0.15) is 15.9 Å². The number of amides is 2. The Hall–Kier alpha value is -2.28. The first-order valence-corrected chi connectivity index (χ1v) is 8.50. The number of benzene rings is 2. The van der Waals surface area contributed by atoms with Crippen LogP contribution in [0, 0.1) is 0 Å². The van der Waals surface area contributed by atoms with Crippen LogP contribution in [0.2, 0.25) is 10.0 Å². The third-order valence-electron chi connectivity index (χ3n) is 3.46. The van der Waals surface area contributed by atoms with Crippen LogP contribution in [0.4, 0.5) is 4.79 Å². The summed E-state index contributed by atoms with van der Waals surface area (Å²) in [5.74, 6) is -1.50. The third kappa shape index (κ3) is 3.71. The van der Waals surface area contributed by atoms with Crippen LogP contribution < -0.4 is 5.32 Å². The van der Waals surface area contributed by atoms with E-state index < -0.39 is 17.1 Å². The molecule has 5 nitrogen and oxygen atoms in total. The molecule has 0 aromatic heterocycles. The van der Waals surface area contributed by atoms with E-state index in [2.05, 4.69) is 5.32 Å². The molecule has 0 spiro atoms. The van der Waals surface area contributed by atoms with Gasteiger partial charge in [-0.05, 0) is 53.2 Å². The lowest BCUT2D eigenvalue weighted by molar-refractivity contribution is -0.115. The molecule has 1 saturated heterocycles. The van der Waals surface area contributed by atoms with Crippen LogP contribution in [0.5, 0.6) is 0 Å². The molecule has 0 radical (unpaired) electrons. The van der Waals surface area contributed by atoms with Crippen molar-refractivity contribution in [1.82, 2.24) is 5.32 Å². The van der Waals surface area contributed by atoms with Crippen LogP contribution >= 0.6 is 35.0 Å². The molecule has 1 aliphatic rings. The van der Waals surface area contributed by atoms with E-state index >= 15 is 0 Å². The van der Waals surface area contributed by atoms with Crippen molar-refractivity contribution in [3.05, 3.63) is 62.5 Å². The lowest BCUT2D eigenvalue weighted by Gasteiger charge is -2.08. The van der Waals surface area contributed by atoms with Gasteiger partial charge in [0.2, 0.25) is 0 Å². The molecule has 0 bridgehead atoms. The van der Waals surface area contributed by atoms with E-state index in [1.807, 2.05) is 0 Å². The maximum Gasteiger partial charge on any atom is 0.335 e. The van der Waals surface area contributed by atoms with Crippen molar-refractivity contribution in [2.45, 2.75) is 0 Å². The van der Waals surface area contributed by atoms with Gasteiger partial charge in [-0.1, -0.05) is 35.3 Å². The van der Waals surface area contributed by atoms with Crippen molar-refractivity contribution in [2.75, 3.05) is 0 Å². The molecule has 25 heavy (non-hydrogen) atoms. The Bertz CT molecular complexity index is 915. The zero-order valence-corrected chi connectivity index (χ0v) is 14.7. The second-order valence-corrected chi connectivity index (χ2v) is 6.92. The summed E-state index contributed by atoms with van der Waals surface area (Å²) < 4.78 is 0. The molecule has 0 aliphatic carbocycles. The number of aromatic carboxylic acids is 1. The molecule has 3 rings (SSSR count). The summed E-state index contributed by atoms with van der Waals surface area (Å²) in [6, 6.07) is 9.61. The van der Waals surface area contributed by atoms with Gasteiger partial charge in [-0.3, -0.25) is 14.9 Å². The van der Waals surface area contributed by atoms with E-state index in [1.54, 1.807) is 24.3 Å². The van der Waals surface area contributed by atoms with E-state index in [0.29, 0.717) is 21.2 Å². The van der Waals surface area contributed by atoms with E-state index in [1.165, 1.54) is 18.2 Å². The Balaban J connectivity index is 1.98. The number of carboxylic acids is 1. The number of nitrogens with one attached hydrogen (secondary N) is 1. The van der Waals surface area contributed by atoms with Crippen LogP contribution in [-0.2, 0) is 4.79 Å². The second kappa shape index (κ2) is 6.92. The first-order chi connectivity index (χ1) is 11.8. The first-order valence-electron chi connectivity index (χ1n) is 6.93. The maximum atomic E-state index is 11.6. The van der Waals surface area contributed by atoms with Gasteiger partial charge < -0.3 is 5.11 Å². The zero-order chi connectivity index (χ0) is 18.1. The molecule has 1 fully saturated rings. The predicted octanol–water partition coefficient (Wildman–Crippen LogP) is 4.68. The standard InChI is InChI=1S/C17H9Cl2NO4S/c18-12-5-10(8-1-3-9(4-2-8)16(22)23)6-13(19)11(12)7-14-15(21)20-17(24)25-14/h1-7H,(H,22,23)(H,20,21,24)/b14-7-. The van der Waals surface area contributed by atoms with Gasteiger partial charge in [-0.25, -0.2) is 4.79 Å². The molecule has 126 valence electrons. The summed E-state index contributed by atoms with van der Waals surface area (Å²) in [7, 11) is 0. The maximum absolute atomic E-state index is 11.6. The van der Waals surface area contributed by atoms with Crippen LogP contribution in [0.25, 0.3) is 17.2 Å². The Morgan fingerprint density at radius 3 is 2.12 bits per heavy atom. The van der Waals surface area contributed by atoms with Crippen molar-refractivity contribution in [3.63, 3.8) is 0 Å². The molecule has 0 atom stereocenters. The number of thioether (sulfide) groups is 1. The van der Waals surface area contributed by atoms with E-state index in [0.717, 1.165) is 17.3 Å². The number of carboxylic acid groups (broad SMARTS) is 1. The molecular formula is C17H9Cl2NO4S. The van der Waals surface area contributed by atoms with Crippen molar-refractivity contribution in [1.29, 1.82) is 0 Å². The van der Waals surface area contributed by atoms with Crippen molar-refractivity contribution < 1.29 is 19.5 Å². The SMILES string of the molecule is O=C1NC(=O)/C(=C/c2c(Cl)cc(-c3ccc(C(=O)O)cc3)cc2Cl)S1. The fraction of sp³-hybridized carbons (Fsp3) is 0. The van der Waals surface area contributed by atoms with Crippen LogP contribution in [0.3, 0.4) is 0 Å². The van der Waals surface area contributed by atoms with E-state index in [4.69, 9.17) is 28.3 Å². The molecule has 2 amide bonds. The lowest BCUT2D eigenvalue weighted by atomic mass is 10.0.